The molecule has 15 heavy (non-hydrogen) atoms. The van der Waals surface area contributed by atoms with Crippen LogP contribution in [0.1, 0.15) is 5.56 Å². The normalized spacial score (nSPS) is 11.1. The highest BCUT2D eigenvalue weighted by atomic mass is 19.3. The van der Waals surface area contributed by atoms with Crippen molar-refractivity contribution in [1.29, 1.82) is 0 Å². The van der Waals surface area contributed by atoms with Gasteiger partial charge in [0, 0.05) is 6.07 Å². The van der Waals surface area contributed by atoms with E-state index in [1.54, 1.807) is 0 Å². The number of alkyl halides is 2. The van der Waals surface area contributed by atoms with Gasteiger partial charge in [-0.05, 0) is 12.1 Å². The number of benzene rings is 1. The van der Waals surface area contributed by atoms with Gasteiger partial charge in [-0.3, -0.25) is 0 Å². The van der Waals surface area contributed by atoms with Crippen LogP contribution in [0.5, 0.6) is 11.5 Å². The van der Waals surface area contributed by atoms with Crippen LogP contribution in [0.25, 0.3) is 0 Å². The standard InChI is InChI=1S/C9H8F2O4/c1-15-5-2-3-6(7(12)4-5)9(10,11)8(13)14/h2-4,12H,1H3,(H,13,14). The number of methoxy groups -OCH3 is 1. The molecule has 2 N–H and O–H groups in total. The first kappa shape index (κ1) is 11.2. The topological polar surface area (TPSA) is 66.8 Å². The molecule has 0 saturated carbocycles. The first-order valence-electron chi connectivity index (χ1n) is 3.88. The van der Waals surface area contributed by atoms with Crippen molar-refractivity contribution in [3.63, 3.8) is 0 Å². The van der Waals surface area contributed by atoms with Gasteiger partial charge in [0.25, 0.3) is 0 Å². The molecule has 1 aromatic carbocycles. The zero-order valence-electron chi connectivity index (χ0n) is 7.70. The van der Waals surface area contributed by atoms with Crippen molar-refractivity contribution in [2.24, 2.45) is 0 Å². The first-order valence-corrected chi connectivity index (χ1v) is 3.88. The third-order valence-corrected chi connectivity index (χ3v) is 1.81. The Morgan fingerprint density at radius 3 is 2.47 bits per heavy atom. The Balaban J connectivity index is 3.22. The molecule has 0 unspecified atom stereocenters. The van der Waals surface area contributed by atoms with E-state index in [1.165, 1.54) is 7.11 Å². The van der Waals surface area contributed by atoms with Crippen LogP contribution in [0.2, 0.25) is 0 Å². The fraction of sp³-hybridized carbons (Fsp3) is 0.222. The number of aliphatic carboxylic acids is 1. The van der Waals surface area contributed by atoms with Gasteiger partial charge in [-0.25, -0.2) is 4.79 Å². The molecule has 0 heterocycles. The van der Waals surface area contributed by atoms with Gasteiger partial charge >= 0.3 is 11.9 Å². The minimum Gasteiger partial charge on any atom is -0.507 e. The number of aromatic hydroxyl groups is 1. The minimum absolute atomic E-state index is 0.164. The molecule has 0 amide bonds. The summed E-state index contributed by atoms with van der Waals surface area (Å²) >= 11 is 0. The Morgan fingerprint density at radius 1 is 1.47 bits per heavy atom. The summed E-state index contributed by atoms with van der Waals surface area (Å²) < 4.78 is 30.6. The van der Waals surface area contributed by atoms with Gasteiger partial charge < -0.3 is 14.9 Å². The largest absolute Gasteiger partial charge is 0.507 e. The Bertz CT molecular complexity index is 390. The number of ether oxygens (including phenoxy) is 1. The number of phenolic OH excluding ortho intramolecular Hbond substituents is 1. The third kappa shape index (κ3) is 1.98. The van der Waals surface area contributed by atoms with Crippen molar-refractivity contribution < 1.29 is 28.5 Å². The van der Waals surface area contributed by atoms with E-state index in [2.05, 4.69) is 4.74 Å². The van der Waals surface area contributed by atoms with E-state index in [0.717, 1.165) is 18.2 Å². The van der Waals surface area contributed by atoms with Gasteiger partial charge in [-0.1, -0.05) is 0 Å². The second-order valence-corrected chi connectivity index (χ2v) is 2.76. The van der Waals surface area contributed by atoms with Gasteiger partial charge in [0.2, 0.25) is 0 Å². The molecule has 0 spiro atoms. The molecule has 1 aromatic rings. The molecule has 0 aliphatic rings. The van der Waals surface area contributed by atoms with Crippen LogP contribution in [-0.4, -0.2) is 23.3 Å². The van der Waals surface area contributed by atoms with Gasteiger partial charge in [-0.15, -0.1) is 0 Å². The maximum atomic E-state index is 13.0. The van der Waals surface area contributed by atoms with Crippen molar-refractivity contribution >= 4 is 5.97 Å². The number of hydrogen-bond donors (Lipinski definition) is 2. The van der Waals surface area contributed by atoms with E-state index < -0.39 is 23.2 Å². The first-order chi connectivity index (χ1) is 6.89. The van der Waals surface area contributed by atoms with Crippen LogP contribution in [0.4, 0.5) is 8.78 Å². The summed E-state index contributed by atoms with van der Waals surface area (Å²) in [5.41, 5.74) is -0.962. The fourth-order valence-corrected chi connectivity index (χ4v) is 1.02. The molecule has 0 aromatic heterocycles. The number of rotatable bonds is 3. The van der Waals surface area contributed by atoms with E-state index in [-0.39, 0.29) is 5.75 Å². The molecular weight excluding hydrogens is 210 g/mol. The molecule has 0 aliphatic carbocycles. The quantitative estimate of drug-likeness (QED) is 0.808. The summed E-state index contributed by atoms with van der Waals surface area (Å²) in [5.74, 6) is -7.08. The van der Waals surface area contributed by atoms with Crippen LogP contribution in [-0.2, 0) is 10.7 Å². The lowest BCUT2D eigenvalue weighted by molar-refractivity contribution is -0.166. The average Bonchev–Trinajstić information content (AvgIpc) is 2.16. The molecule has 1 rings (SSSR count). The lowest BCUT2D eigenvalue weighted by Gasteiger charge is -2.13. The number of halogens is 2. The average molecular weight is 218 g/mol. The monoisotopic (exact) mass is 218 g/mol. The number of carbonyl (C=O) groups is 1. The van der Waals surface area contributed by atoms with Gasteiger partial charge in [0.1, 0.15) is 11.5 Å². The van der Waals surface area contributed by atoms with Crippen LogP contribution in [0, 0.1) is 0 Å². The highest BCUT2D eigenvalue weighted by Gasteiger charge is 2.43. The third-order valence-electron chi connectivity index (χ3n) is 1.81. The second-order valence-electron chi connectivity index (χ2n) is 2.76. The Labute approximate surface area is 83.7 Å². The summed E-state index contributed by atoms with van der Waals surface area (Å²) in [6.45, 7) is 0. The van der Waals surface area contributed by atoms with Crippen LogP contribution in [0.15, 0.2) is 18.2 Å². The van der Waals surface area contributed by atoms with Crippen molar-refractivity contribution in [3.05, 3.63) is 23.8 Å². The molecule has 0 saturated heterocycles. The maximum absolute atomic E-state index is 13.0. The van der Waals surface area contributed by atoms with E-state index in [1.807, 2.05) is 0 Å². The zero-order chi connectivity index (χ0) is 11.6. The lowest BCUT2D eigenvalue weighted by Crippen LogP contribution is -2.25. The predicted octanol–water partition coefficient (Wildman–Crippen LogP) is 1.58. The van der Waals surface area contributed by atoms with Crippen molar-refractivity contribution in [1.82, 2.24) is 0 Å². The number of hydrogen-bond acceptors (Lipinski definition) is 3. The lowest BCUT2D eigenvalue weighted by atomic mass is 10.1. The number of carboxylic acid groups (broad SMARTS) is 1. The SMILES string of the molecule is COc1ccc(C(F)(F)C(=O)O)c(O)c1. The molecule has 0 atom stereocenters. The maximum Gasteiger partial charge on any atom is 0.379 e. The molecule has 0 aliphatic heterocycles. The summed E-state index contributed by atoms with van der Waals surface area (Å²) in [6, 6.07) is 2.88. The second kappa shape index (κ2) is 3.72. The summed E-state index contributed by atoms with van der Waals surface area (Å²) in [7, 11) is 1.30. The van der Waals surface area contributed by atoms with Crippen LogP contribution in [0.3, 0.4) is 0 Å². The van der Waals surface area contributed by atoms with E-state index in [9.17, 15) is 18.7 Å². The van der Waals surface area contributed by atoms with Crippen molar-refractivity contribution in [3.8, 4) is 11.5 Å². The summed E-state index contributed by atoms with van der Waals surface area (Å²) in [6.07, 6.45) is 0. The van der Waals surface area contributed by atoms with Gasteiger partial charge in [-0.2, -0.15) is 8.78 Å². The molecule has 82 valence electrons. The Morgan fingerprint density at radius 2 is 2.07 bits per heavy atom. The van der Waals surface area contributed by atoms with Crippen LogP contribution < -0.4 is 4.74 Å². The van der Waals surface area contributed by atoms with Gasteiger partial charge in [0.05, 0.1) is 12.7 Å². The van der Waals surface area contributed by atoms with E-state index >= 15 is 0 Å². The molecule has 0 bridgehead atoms. The summed E-state index contributed by atoms with van der Waals surface area (Å²) in [4.78, 5) is 10.2. The minimum atomic E-state index is -4.11. The molecule has 4 nitrogen and oxygen atoms in total. The smallest absolute Gasteiger partial charge is 0.379 e. The highest BCUT2D eigenvalue weighted by Crippen LogP contribution is 2.36. The zero-order valence-corrected chi connectivity index (χ0v) is 7.70. The molecule has 0 fully saturated rings. The Kier molecular flexibility index (Phi) is 2.78. The van der Waals surface area contributed by atoms with Crippen LogP contribution >= 0.6 is 0 Å². The highest BCUT2D eigenvalue weighted by molar-refractivity contribution is 5.78. The van der Waals surface area contributed by atoms with E-state index in [0.29, 0.717) is 0 Å². The van der Waals surface area contributed by atoms with Crippen molar-refractivity contribution in [2.45, 2.75) is 5.92 Å². The van der Waals surface area contributed by atoms with Crippen molar-refractivity contribution in [2.75, 3.05) is 7.11 Å². The number of phenols is 1. The predicted molar refractivity (Wildman–Crippen MR) is 46.2 cm³/mol. The molecular formula is C9H8F2O4. The molecule has 6 heteroatoms. The van der Waals surface area contributed by atoms with E-state index in [4.69, 9.17) is 5.11 Å². The Hall–Kier alpha value is -1.85. The summed E-state index contributed by atoms with van der Waals surface area (Å²) in [5, 5.41) is 17.4. The molecule has 0 radical (unpaired) electrons. The van der Waals surface area contributed by atoms with Gasteiger partial charge in [0.15, 0.2) is 0 Å². The number of carboxylic acids is 1. The fourth-order valence-electron chi connectivity index (χ4n) is 1.02.